The third-order valence-electron chi connectivity index (χ3n) is 2.52. The molecule has 0 fully saturated rings. The van der Waals surface area contributed by atoms with Crippen LogP contribution in [0.15, 0.2) is 45.9 Å². The third-order valence-corrected chi connectivity index (χ3v) is 3.32. The maximum atomic E-state index is 10.9. The minimum atomic E-state index is -0.973. The molecule has 94 valence electrons. The molecule has 0 saturated heterocycles. The van der Waals surface area contributed by atoms with Gasteiger partial charge in [-0.3, -0.25) is 0 Å². The first-order valence-corrected chi connectivity index (χ1v) is 6.61. The second kappa shape index (κ2) is 5.64. The number of furan rings is 1. The van der Waals surface area contributed by atoms with E-state index in [-0.39, 0.29) is 5.56 Å². The van der Waals surface area contributed by atoms with Gasteiger partial charge in [0.1, 0.15) is 11.3 Å². The van der Waals surface area contributed by atoms with Crippen LogP contribution >= 0.6 is 11.8 Å². The van der Waals surface area contributed by atoms with Crippen molar-refractivity contribution in [2.45, 2.75) is 11.4 Å². The number of anilines is 1. The number of aromatic carboxylic acids is 1. The SMILES string of the molecule is CSc1ccccc1NCc1occc1C(=O)O. The number of carbonyl (C=O) groups is 1. The molecule has 0 amide bonds. The molecule has 2 N–H and O–H groups in total. The fraction of sp³-hybridized carbons (Fsp3) is 0.154. The molecule has 0 saturated carbocycles. The Morgan fingerprint density at radius 2 is 2.17 bits per heavy atom. The highest BCUT2D eigenvalue weighted by Crippen LogP contribution is 2.25. The molecule has 4 nitrogen and oxygen atoms in total. The van der Waals surface area contributed by atoms with Gasteiger partial charge in [-0.1, -0.05) is 12.1 Å². The van der Waals surface area contributed by atoms with Crippen LogP contribution in [-0.2, 0) is 6.54 Å². The lowest BCUT2D eigenvalue weighted by Crippen LogP contribution is -2.05. The smallest absolute Gasteiger partial charge is 0.339 e. The van der Waals surface area contributed by atoms with Crippen LogP contribution < -0.4 is 5.32 Å². The Morgan fingerprint density at radius 3 is 2.89 bits per heavy atom. The van der Waals surface area contributed by atoms with E-state index in [0.29, 0.717) is 12.3 Å². The number of hydrogen-bond acceptors (Lipinski definition) is 4. The number of para-hydroxylation sites is 1. The van der Waals surface area contributed by atoms with Crippen molar-refractivity contribution in [3.05, 3.63) is 47.9 Å². The summed E-state index contributed by atoms with van der Waals surface area (Å²) in [5.74, 6) is -0.544. The highest BCUT2D eigenvalue weighted by molar-refractivity contribution is 7.98. The highest BCUT2D eigenvalue weighted by Gasteiger charge is 2.13. The van der Waals surface area contributed by atoms with Gasteiger partial charge in [-0.25, -0.2) is 4.79 Å². The number of carboxylic acids is 1. The lowest BCUT2D eigenvalue weighted by Gasteiger charge is -2.09. The Labute approximate surface area is 109 Å². The van der Waals surface area contributed by atoms with Crippen molar-refractivity contribution in [3.8, 4) is 0 Å². The highest BCUT2D eigenvalue weighted by atomic mass is 32.2. The van der Waals surface area contributed by atoms with Crippen LogP contribution in [0.2, 0.25) is 0 Å². The quantitative estimate of drug-likeness (QED) is 0.810. The monoisotopic (exact) mass is 263 g/mol. The normalized spacial score (nSPS) is 10.3. The number of thioether (sulfide) groups is 1. The molecule has 1 aromatic heterocycles. The first-order chi connectivity index (χ1) is 8.72. The summed E-state index contributed by atoms with van der Waals surface area (Å²) in [7, 11) is 0. The maximum Gasteiger partial charge on any atom is 0.339 e. The number of hydrogen-bond donors (Lipinski definition) is 2. The molecule has 1 heterocycles. The fourth-order valence-corrected chi connectivity index (χ4v) is 2.21. The first-order valence-electron chi connectivity index (χ1n) is 5.39. The zero-order chi connectivity index (χ0) is 13.0. The summed E-state index contributed by atoms with van der Waals surface area (Å²) in [6.45, 7) is 0.353. The Hall–Kier alpha value is -1.88. The summed E-state index contributed by atoms with van der Waals surface area (Å²) >= 11 is 1.63. The molecule has 0 radical (unpaired) electrons. The van der Waals surface area contributed by atoms with Crippen LogP contribution in [0, 0.1) is 0 Å². The molecule has 0 atom stereocenters. The summed E-state index contributed by atoms with van der Waals surface area (Å²) in [6, 6.07) is 9.32. The van der Waals surface area contributed by atoms with E-state index in [2.05, 4.69) is 5.32 Å². The predicted octanol–water partition coefficient (Wildman–Crippen LogP) is 3.31. The van der Waals surface area contributed by atoms with Crippen molar-refractivity contribution in [1.29, 1.82) is 0 Å². The van der Waals surface area contributed by atoms with Gasteiger partial charge in [-0.05, 0) is 24.5 Å². The van der Waals surface area contributed by atoms with Gasteiger partial charge in [0.25, 0.3) is 0 Å². The van der Waals surface area contributed by atoms with Crippen molar-refractivity contribution in [3.63, 3.8) is 0 Å². The molecule has 0 aliphatic rings. The molecule has 0 spiro atoms. The Bertz CT molecular complexity index is 551. The van der Waals surface area contributed by atoms with Gasteiger partial charge in [0.15, 0.2) is 0 Å². The molecule has 2 aromatic rings. The minimum Gasteiger partial charge on any atom is -0.478 e. The molecule has 0 unspecified atom stereocenters. The predicted molar refractivity (Wildman–Crippen MR) is 71.2 cm³/mol. The number of carboxylic acid groups (broad SMARTS) is 1. The molecule has 2 rings (SSSR count). The van der Waals surface area contributed by atoms with Gasteiger partial charge in [0.05, 0.1) is 12.8 Å². The lowest BCUT2D eigenvalue weighted by molar-refractivity contribution is 0.0694. The fourth-order valence-electron chi connectivity index (χ4n) is 1.63. The summed E-state index contributed by atoms with van der Waals surface area (Å²) in [5, 5.41) is 12.1. The number of rotatable bonds is 5. The van der Waals surface area contributed by atoms with E-state index in [9.17, 15) is 4.79 Å². The topological polar surface area (TPSA) is 62.5 Å². The first kappa shape index (κ1) is 12.6. The van der Waals surface area contributed by atoms with Crippen LogP contribution in [0.1, 0.15) is 16.1 Å². The van der Waals surface area contributed by atoms with Crippen LogP contribution in [-0.4, -0.2) is 17.3 Å². The average Bonchev–Trinajstić information content (AvgIpc) is 2.85. The van der Waals surface area contributed by atoms with E-state index in [0.717, 1.165) is 10.6 Å². The molecular weight excluding hydrogens is 250 g/mol. The average molecular weight is 263 g/mol. The molecule has 0 aliphatic heterocycles. The second-order valence-corrected chi connectivity index (χ2v) is 4.46. The Kier molecular flexibility index (Phi) is 3.94. The molecular formula is C13H13NO3S. The Morgan fingerprint density at radius 1 is 1.39 bits per heavy atom. The van der Waals surface area contributed by atoms with E-state index in [1.807, 2.05) is 30.5 Å². The zero-order valence-electron chi connectivity index (χ0n) is 9.84. The summed E-state index contributed by atoms with van der Waals surface area (Å²) in [5.41, 5.74) is 1.17. The summed E-state index contributed by atoms with van der Waals surface area (Å²) < 4.78 is 5.17. The van der Waals surface area contributed by atoms with Crippen LogP contribution in [0.4, 0.5) is 5.69 Å². The lowest BCUT2D eigenvalue weighted by atomic mass is 10.2. The van der Waals surface area contributed by atoms with Crippen molar-refractivity contribution >= 4 is 23.4 Å². The molecule has 0 aliphatic carbocycles. The van der Waals surface area contributed by atoms with Gasteiger partial charge in [-0.2, -0.15) is 0 Å². The van der Waals surface area contributed by atoms with Crippen LogP contribution in [0.5, 0.6) is 0 Å². The van der Waals surface area contributed by atoms with Crippen molar-refractivity contribution < 1.29 is 14.3 Å². The van der Waals surface area contributed by atoms with E-state index < -0.39 is 5.97 Å². The molecule has 18 heavy (non-hydrogen) atoms. The maximum absolute atomic E-state index is 10.9. The van der Waals surface area contributed by atoms with Gasteiger partial charge < -0.3 is 14.8 Å². The minimum absolute atomic E-state index is 0.198. The third kappa shape index (κ3) is 2.68. The summed E-state index contributed by atoms with van der Waals surface area (Å²) in [6.07, 6.45) is 3.39. The van der Waals surface area contributed by atoms with Gasteiger partial charge in [-0.15, -0.1) is 11.8 Å². The van der Waals surface area contributed by atoms with Crippen molar-refractivity contribution in [1.82, 2.24) is 0 Å². The molecule has 1 aromatic carbocycles. The van der Waals surface area contributed by atoms with E-state index in [1.165, 1.54) is 12.3 Å². The van der Waals surface area contributed by atoms with Crippen molar-refractivity contribution in [2.75, 3.05) is 11.6 Å². The van der Waals surface area contributed by atoms with Gasteiger partial charge in [0, 0.05) is 10.6 Å². The number of nitrogens with one attached hydrogen (secondary N) is 1. The Balaban J connectivity index is 2.11. The van der Waals surface area contributed by atoms with Crippen LogP contribution in [0.25, 0.3) is 0 Å². The van der Waals surface area contributed by atoms with Crippen LogP contribution in [0.3, 0.4) is 0 Å². The molecule has 5 heteroatoms. The van der Waals surface area contributed by atoms with Gasteiger partial charge >= 0.3 is 5.97 Å². The zero-order valence-corrected chi connectivity index (χ0v) is 10.7. The van der Waals surface area contributed by atoms with E-state index >= 15 is 0 Å². The standard InChI is InChI=1S/C13H13NO3S/c1-18-12-5-3-2-4-10(12)14-8-11-9(13(15)16)6-7-17-11/h2-7,14H,8H2,1H3,(H,15,16). The second-order valence-electron chi connectivity index (χ2n) is 3.62. The van der Waals surface area contributed by atoms with Crippen molar-refractivity contribution in [2.24, 2.45) is 0 Å². The molecule has 0 bridgehead atoms. The van der Waals surface area contributed by atoms with E-state index in [1.54, 1.807) is 11.8 Å². The van der Waals surface area contributed by atoms with Gasteiger partial charge in [0.2, 0.25) is 0 Å². The van der Waals surface area contributed by atoms with E-state index in [4.69, 9.17) is 9.52 Å². The largest absolute Gasteiger partial charge is 0.478 e. The number of benzene rings is 1. The summed E-state index contributed by atoms with van der Waals surface area (Å²) in [4.78, 5) is 12.0.